The van der Waals surface area contributed by atoms with Gasteiger partial charge in [0, 0.05) is 17.7 Å². The molecule has 3 rings (SSSR count). The van der Waals surface area contributed by atoms with Gasteiger partial charge in [-0.3, -0.25) is 38.9 Å². The average molecular weight is 490 g/mol. The molecule has 0 aromatic heterocycles. The second kappa shape index (κ2) is 6.75. The fraction of sp³-hybridized carbons (Fsp3) is 0. The molecule has 16 nitrogen and oxygen atoms in total. The van der Waals surface area contributed by atoms with Crippen LogP contribution in [0.4, 0.5) is 11.4 Å². The first kappa shape index (κ1) is 22.7. The van der Waals surface area contributed by atoms with Crippen LogP contribution < -0.4 is 0 Å². The molecule has 0 saturated heterocycles. The molecule has 4 N–H and O–H groups in total. The van der Waals surface area contributed by atoms with Crippen LogP contribution in [0.15, 0.2) is 21.9 Å². The lowest BCUT2D eigenvalue weighted by atomic mass is 9.82. The number of benzene rings is 2. The van der Waals surface area contributed by atoms with E-state index in [4.69, 9.17) is 0 Å². The maximum Gasteiger partial charge on any atom is 0.305 e. The summed E-state index contributed by atoms with van der Waals surface area (Å²) < 4.78 is 64.4. The lowest BCUT2D eigenvalue weighted by Crippen LogP contribution is -2.25. The summed E-state index contributed by atoms with van der Waals surface area (Å²) in [7, 11) is -11.0. The Hall–Kier alpha value is -4.00. The van der Waals surface area contributed by atoms with Crippen molar-refractivity contribution >= 4 is 43.2 Å². The SMILES string of the molecule is O=C1c2cc([N+](=O)[O-])c(S(=O)(=O)O)c(O)c2C(=O)c2c(O)c(S(=O)(=O)O)cc([N+](=O)[O-])c21. The molecule has 1 aliphatic carbocycles. The van der Waals surface area contributed by atoms with Crippen molar-refractivity contribution in [1.82, 2.24) is 0 Å². The minimum atomic E-state index is -5.59. The number of ketones is 2. The van der Waals surface area contributed by atoms with Gasteiger partial charge in [0.15, 0.2) is 5.75 Å². The first-order valence-electron chi connectivity index (χ1n) is 7.63. The van der Waals surface area contributed by atoms with Crippen LogP contribution in [0.2, 0.25) is 0 Å². The standard InChI is InChI=1S/C14H6N2O14S2/c17-10-3-1-5(16(23)24)14(32(28,29)30)13(20)7(3)12(19)9-8(10)4(15(21)22)2-6(11(9)18)31(25,26)27/h1-2,18,20H,(H,25,26,27)(H,28,29,30). The number of aromatic hydroxyl groups is 2. The third kappa shape index (κ3) is 3.13. The van der Waals surface area contributed by atoms with E-state index in [-0.39, 0.29) is 12.1 Å². The Bertz CT molecular complexity index is 1520. The van der Waals surface area contributed by atoms with E-state index in [1.807, 2.05) is 0 Å². The number of hydrogen-bond acceptors (Lipinski definition) is 12. The summed E-state index contributed by atoms with van der Waals surface area (Å²) in [5.41, 5.74) is -8.07. The van der Waals surface area contributed by atoms with Crippen molar-refractivity contribution in [3.8, 4) is 11.5 Å². The molecule has 0 spiro atoms. The van der Waals surface area contributed by atoms with Crippen molar-refractivity contribution in [1.29, 1.82) is 0 Å². The van der Waals surface area contributed by atoms with E-state index in [0.717, 1.165) is 0 Å². The molecule has 0 unspecified atom stereocenters. The van der Waals surface area contributed by atoms with Gasteiger partial charge in [-0.15, -0.1) is 0 Å². The van der Waals surface area contributed by atoms with E-state index < -0.39 is 96.6 Å². The highest BCUT2D eigenvalue weighted by atomic mass is 32.2. The van der Waals surface area contributed by atoms with Crippen molar-refractivity contribution in [2.24, 2.45) is 0 Å². The number of rotatable bonds is 4. The fourth-order valence-corrected chi connectivity index (χ4v) is 4.47. The van der Waals surface area contributed by atoms with Gasteiger partial charge in [0.1, 0.15) is 16.2 Å². The minimum absolute atomic E-state index is 0.0560. The van der Waals surface area contributed by atoms with Gasteiger partial charge in [-0.1, -0.05) is 0 Å². The number of carbonyl (C=O) groups excluding carboxylic acids is 2. The van der Waals surface area contributed by atoms with Crippen LogP contribution in [-0.4, -0.2) is 57.6 Å². The smallest absolute Gasteiger partial charge is 0.305 e. The molecular weight excluding hydrogens is 484 g/mol. The molecular formula is C14H6N2O14S2. The zero-order valence-electron chi connectivity index (χ0n) is 14.7. The number of phenolic OH excluding ortho intramolecular Hbond substituents is 2. The Balaban J connectivity index is 2.59. The van der Waals surface area contributed by atoms with Crippen molar-refractivity contribution in [3.63, 3.8) is 0 Å². The molecule has 18 heteroatoms. The largest absolute Gasteiger partial charge is 0.506 e. The highest BCUT2D eigenvalue weighted by molar-refractivity contribution is 7.86. The molecule has 0 radical (unpaired) electrons. The topological polar surface area (TPSA) is 270 Å². The van der Waals surface area contributed by atoms with Gasteiger partial charge in [-0.2, -0.15) is 16.8 Å². The summed E-state index contributed by atoms with van der Waals surface area (Å²) in [4.78, 5) is 42.2. The van der Waals surface area contributed by atoms with Crippen LogP contribution in [0.1, 0.15) is 31.8 Å². The minimum Gasteiger partial charge on any atom is -0.506 e. The van der Waals surface area contributed by atoms with Crippen molar-refractivity contribution in [2.75, 3.05) is 0 Å². The van der Waals surface area contributed by atoms with Crippen LogP contribution in [0.3, 0.4) is 0 Å². The molecule has 0 bridgehead atoms. The second-order valence-corrected chi connectivity index (χ2v) is 8.86. The van der Waals surface area contributed by atoms with Crippen molar-refractivity contribution < 1.29 is 55.6 Å². The Kier molecular flexibility index (Phi) is 4.78. The van der Waals surface area contributed by atoms with E-state index in [1.54, 1.807) is 0 Å². The van der Waals surface area contributed by atoms with Crippen LogP contribution in [0.5, 0.6) is 11.5 Å². The molecule has 0 atom stereocenters. The third-order valence-corrected chi connectivity index (χ3v) is 6.12. The van der Waals surface area contributed by atoms with Crippen molar-refractivity contribution in [3.05, 3.63) is 54.6 Å². The molecule has 0 heterocycles. The molecule has 1 aliphatic rings. The first-order valence-corrected chi connectivity index (χ1v) is 10.5. The first-order chi connectivity index (χ1) is 14.5. The normalized spacial score (nSPS) is 13.4. The Morgan fingerprint density at radius 1 is 0.719 bits per heavy atom. The Labute approximate surface area is 175 Å². The van der Waals surface area contributed by atoms with Gasteiger partial charge < -0.3 is 10.2 Å². The molecule has 0 fully saturated rings. The van der Waals surface area contributed by atoms with Gasteiger partial charge in [0.05, 0.1) is 21.0 Å². The highest BCUT2D eigenvalue weighted by Gasteiger charge is 2.45. The summed E-state index contributed by atoms with van der Waals surface area (Å²) in [6.45, 7) is 0. The number of carbonyl (C=O) groups is 2. The second-order valence-electron chi connectivity index (χ2n) is 6.11. The lowest BCUT2D eigenvalue weighted by Gasteiger charge is -2.21. The van der Waals surface area contributed by atoms with Crippen LogP contribution >= 0.6 is 0 Å². The average Bonchev–Trinajstić information content (AvgIpc) is 2.62. The molecule has 2 aromatic rings. The quantitative estimate of drug-likeness (QED) is 0.216. The number of nitro benzene ring substituents is 2. The van der Waals surface area contributed by atoms with E-state index in [2.05, 4.69) is 0 Å². The van der Waals surface area contributed by atoms with Gasteiger partial charge in [0.2, 0.25) is 16.5 Å². The lowest BCUT2D eigenvalue weighted by molar-refractivity contribution is -0.388. The van der Waals surface area contributed by atoms with E-state index >= 15 is 0 Å². The summed E-state index contributed by atoms with van der Waals surface area (Å²) in [6.07, 6.45) is 0. The number of phenols is 2. The summed E-state index contributed by atoms with van der Waals surface area (Å²) in [5, 5.41) is 42.9. The van der Waals surface area contributed by atoms with Gasteiger partial charge in [-0.05, 0) is 0 Å². The van der Waals surface area contributed by atoms with Gasteiger partial charge in [0.25, 0.3) is 21.5 Å². The zero-order valence-corrected chi connectivity index (χ0v) is 16.4. The molecule has 168 valence electrons. The Morgan fingerprint density at radius 3 is 1.69 bits per heavy atom. The van der Waals surface area contributed by atoms with E-state index in [9.17, 15) is 66.0 Å². The highest BCUT2D eigenvalue weighted by Crippen LogP contribution is 2.47. The third-order valence-electron chi connectivity index (χ3n) is 4.33. The number of nitrogens with zero attached hydrogens (tertiary/aromatic N) is 2. The summed E-state index contributed by atoms with van der Waals surface area (Å²) >= 11 is 0. The van der Waals surface area contributed by atoms with Gasteiger partial charge >= 0.3 is 10.1 Å². The fourth-order valence-electron chi connectivity index (χ4n) is 3.12. The number of fused-ring (bicyclic) bond motifs is 2. The van der Waals surface area contributed by atoms with Crippen LogP contribution in [0, 0.1) is 20.2 Å². The number of nitro groups is 2. The molecule has 0 amide bonds. The molecule has 0 saturated carbocycles. The van der Waals surface area contributed by atoms with E-state index in [0.29, 0.717) is 0 Å². The predicted molar refractivity (Wildman–Crippen MR) is 96.0 cm³/mol. The molecule has 32 heavy (non-hydrogen) atoms. The monoisotopic (exact) mass is 490 g/mol. The maximum atomic E-state index is 12.9. The zero-order chi connectivity index (χ0) is 24.5. The van der Waals surface area contributed by atoms with E-state index in [1.165, 1.54) is 0 Å². The Morgan fingerprint density at radius 2 is 1.25 bits per heavy atom. The maximum absolute atomic E-state index is 12.9. The summed E-state index contributed by atoms with van der Waals surface area (Å²) in [6, 6.07) is 0.208. The number of hydrogen-bond donors (Lipinski definition) is 4. The van der Waals surface area contributed by atoms with Crippen molar-refractivity contribution in [2.45, 2.75) is 9.79 Å². The molecule has 2 aromatic carbocycles. The molecule has 0 aliphatic heterocycles. The van der Waals surface area contributed by atoms with Crippen LogP contribution in [-0.2, 0) is 20.2 Å². The summed E-state index contributed by atoms with van der Waals surface area (Å²) in [5.74, 6) is -6.83. The van der Waals surface area contributed by atoms with Gasteiger partial charge in [-0.25, -0.2) is 0 Å². The van der Waals surface area contributed by atoms with Crippen LogP contribution in [0.25, 0.3) is 0 Å². The predicted octanol–water partition coefficient (Wildman–Crippen LogP) is 0.183.